The molecule has 0 radical (unpaired) electrons. The molecule has 0 aliphatic rings. The van der Waals surface area contributed by atoms with Crippen LogP contribution in [0.2, 0.25) is 0 Å². The number of hydrogen-bond donors (Lipinski definition) is 3. The Hall–Kier alpha value is -1.13. The quantitative estimate of drug-likeness (QED) is 0.521. The number of hydrogen-bond acceptors (Lipinski definition) is 2. The lowest BCUT2D eigenvalue weighted by Crippen LogP contribution is -2.44. The lowest BCUT2D eigenvalue weighted by atomic mass is 10.1. The van der Waals surface area contributed by atoms with Gasteiger partial charge in [-0.3, -0.25) is 0 Å². The van der Waals surface area contributed by atoms with E-state index in [2.05, 4.69) is 29.7 Å². The number of aliphatic hydroxyl groups is 1. The maximum atomic E-state index is 9.36. The standard InChI is InChI=1S/C14H22N2OS/c1-2-3-9-15-14(18)16-13(11-17)10-12-7-5-4-6-8-12/h4-8,13,17H,2-3,9-11H2,1H3,(H2,15,16,18). The maximum absolute atomic E-state index is 9.36. The normalized spacial score (nSPS) is 11.9. The van der Waals surface area contributed by atoms with Gasteiger partial charge in [-0.2, -0.15) is 0 Å². The zero-order valence-corrected chi connectivity index (χ0v) is 11.7. The van der Waals surface area contributed by atoms with Crippen molar-refractivity contribution in [2.24, 2.45) is 0 Å². The molecule has 0 heterocycles. The molecule has 1 unspecified atom stereocenters. The van der Waals surface area contributed by atoms with Crippen molar-refractivity contribution in [1.82, 2.24) is 10.6 Å². The average Bonchev–Trinajstić information content (AvgIpc) is 2.39. The summed E-state index contributed by atoms with van der Waals surface area (Å²) in [5, 5.41) is 16.3. The molecular weight excluding hydrogens is 244 g/mol. The van der Waals surface area contributed by atoms with Gasteiger partial charge in [-0.15, -0.1) is 0 Å². The van der Waals surface area contributed by atoms with Crippen LogP contribution in [-0.2, 0) is 6.42 Å². The summed E-state index contributed by atoms with van der Waals surface area (Å²) in [6.45, 7) is 3.10. The van der Waals surface area contributed by atoms with Gasteiger partial charge in [0.2, 0.25) is 0 Å². The molecule has 4 heteroatoms. The molecule has 1 atom stereocenters. The van der Waals surface area contributed by atoms with Crippen molar-refractivity contribution in [3.05, 3.63) is 35.9 Å². The molecule has 1 rings (SSSR count). The number of benzene rings is 1. The number of aliphatic hydroxyl groups excluding tert-OH is 1. The van der Waals surface area contributed by atoms with Gasteiger partial charge in [0, 0.05) is 6.54 Å². The van der Waals surface area contributed by atoms with E-state index in [0.717, 1.165) is 25.8 Å². The summed E-state index contributed by atoms with van der Waals surface area (Å²) in [6, 6.07) is 10.1. The summed E-state index contributed by atoms with van der Waals surface area (Å²) >= 11 is 5.19. The van der Waals surface area contributed by atoms with Crippen molar-refractivity contribution in [3.63, 3.8) is 0 Å². The van der Waals surface area contributed by atoms with Crippen LogP contribution >= 0.6 is 12.2 Å². The zero-order valence-electron chi connectivity index (χ0n) is 10.9. The summed E-state index contributed by atoms with van der Waals surface area (Å²) in [5.41, 5.74) is 1.19. The molecule has 0 aromatic heterocycles. The fourth-order valence-electron chi connectivity index (χ4n) is 1.67. The van der Waals surface area contributed by atoms with Crippen LogP contribution < -0.4 is 10.6 Å². The van der Waals surface area contributed by atoms with Crippen LogP contribution in [0, 0.1) is 0 Å². The van der Waals surface area contributed by atoms with Gasteiger partial charge in [0.25, 0.3) is 0 Å². The van der Waals surface area contributed by atoms with Gasteiger partial charge >= 0.3 is 0 Å². The number of nitrogens with one attached hydrogen (secondary N) is 2. The summed E-state index contributed by atoms with van der Waals surface area (Å²) in [5.74, 6) is 0. The van der Waals surface area contributed by atoms with Crippen molar-refractivity contribution in [2.75, 3.05) is 13.2 Å². The predicted molar refractivity (Wildman–Crippen MR) is 79.7 cm³/mol. The highest BCUT2D eigenvalue weighted by Gasteiger charge is 2.09. The summed E-state index contributed by atoms with van der Waals surface area (Å²) in [7, 11) is 0. The van der Waals surface area contributed by atoms with Gasteiger partial charge in [-0.1, -0.05) is 43.7 Å². The number of rotatable bonds is 7. The fraction of sp³-hybridized carbons (Fsp3) is 0.500. The van der Waals surface area contributed by atoms with Crippen molar-refractivity contribution in [2.45, 2.75) is 32.2 Å². The highest BCUT2D eigenvalue weighted by atomic mass is 32.1. The Morgan fingerprint density at radius 2 is 2.06 bits per heavy atom. The van der Waals surface area contributed by atoms with Gasteiger partial charge in [0.1, 0.15) is 0 Å². The van der Waals surface area contributed by atoms with E-state index in [4.69, 9.17) is 12.2 Å². The highest BCUT2D eigenvalue weighted by Crippen LogP contribution is 2.02. The van der Waals surface area contributed by atoms with E-state index in [9.17, 15) is 5.11 Å². The molecule has 0 saturated heterocycles. The Bertz CT molecular complexity index is 343. The Morgan fingerprint density at radius 3 is 2.67 bits per heavy atom. The lowest BCUT2D eigenvalue weighted by Gasteiger charge is -2.19. The first-order chi connectivity index (χ1) is 8.76. The third-order valence-electron chi connectivity index (χ3n) is 2.70. The third-order valence-corrected chi connectivity index (χ3v) is 2.96. The van der Waals surface area contributed by atoms with Crippen LogP contribution in [0.25, 0.3) is 0 Å². The maximum Gasteiger partial charge on any atom is 0.166 e. The minimum atomic E-state index is -0.0333. The van der Waals surface area contributed by atoms with E-state index in [0.29, 0.717) is 5.11 Å². The van der Waals surface area contributed by atoms with Crippen molar-refractivity contribution in [3.8, 4) is 0 Å². The van der Waals surface area contributed by atoms with Crippen LogP contribution in [0.1, 0.15) is 25.3 Å². The Balaban J connectivity index is 2.35. The second-order valence-corrected chi connectivity index (χ2v) is 4.73. The molecule has 100 valence electrons. The van der Waals surface area contributed by atoms with Gasteiger partial charge in [0.05, 0.1) is 12.6 Å². The lowest BCUT2D eigenvalue weighted by molar-refractivity contribution is 0.254. The minimum absolute atomic E-state index is 0.0333. The summed E-state index contributed by atoms with van der Waals surface area (Å²) in [6.07, 6.45) is 3.01. The molecule has 0 amide bonds. The van der Waals surface area contributed by atoms with Gasteiger partial charge < -0.3 is 15.7 Å². The molecule has 0 aliphatic carbocycles. The second-order valence-electron chi connectivity index (χ2n) is 4.32. The minimum Gasteiger partial charge on any atom is -0.394 e. The third kappa shape index (κ3) is 5.98. The van der Waals surface area contributed by atoms with Crippen LogP contribution in [0.5, 0.6) is 0 Å². The molecule has 0 bridgehead atoms. The molecule has 18 heavy (non-hydrogen) atoms. The Kier molecular flexibility index (Phi) is 7.37. The molecule has 1 aromatic carbocycles. The average molecular weight is 266 g/mol. The topological polar surface area (TPSA) is 44.3 Å². The first kappa shape index (κ1) is 14.9. The Morgan fingerprint density at radius 1 is 1.33 bits per heavy atom. The van der Waals surface area contributed by atoms with Crippen molar-refractivity contribution < 1.29 is 5.11 Å². The van der Waals surface area contributed by atoms with Gasteiger partial charge in [-0.05, 0) is 30.6 Å². The number of unbranched alkanes of at least 4 members (excludes halogenated alkanes) is 1. The zero-order chi connectivity index (χ0) is 13.2. The van der Waals surface area contributed by atoms with Gasteiger partial charge in [0.15, 0.2) is 5.11 Å². The highest BCUT2D eigenvalue weighted by molar-refractivity contribution is 7.80. The fourth-order valence-corrected chi connectivity index (χ4v) is 1.94. The SMILES string of the molecule is CCCCNC(=S)NC(CO)Cc1ccccc1. The first-order valence-electron chi connectivity index (χ1n) is 6.45. The smallest absolute Gasteiger partial charge is 0.166 e. The van der Waals surface area contributed by atoms with Crippen LogP contribution in [0.3, 0.4) is 0 Å². The van der Waals surface area contributed by atoms with Crippen LogP contribution in [-0.4, -0.2) is 29.4 Å². The second kappa shape index (κ2) is 8.89. The number of thiocarbonyl (C=S) groups is 1. The molecule has 0 aliphatic heterocycles. The van der Waals surface area contributed by atoms with Gasteiger partial charge in [-0.25, -0.2) is 0 Å². The van der Waals surface area contributed by atoms with Crippen molar-refractivity contribution >= 4 is 17.3 Å². The molecule has 0 spiro atoms. The predicted octanol–water partition coefficient (Wildman–Crippen LogP) is 1.85. The molecule has 0 saturated carbocycles. The molecule has 3 nitrogen and oxygen atoms in total. The molecule has 1 aromatic rings. The molecule has 0 fully saturated rings. The van der Waals surface area contributed by atoms with E-state index >= 15 is 0 Å². The first-order valence-corrected chi connectivity index (χ1v) is 6.86. The Labute approximate surface area is 115 Å². The van der Waals surface area contributed by atoms with E-state index in [-0.39, 0.29) is 12.6 Å². The van der Waals surface area contributed by atoms with Crippen LogP contribution in [0.15, 0.2) is 30.3 Å². The monoisotopic (exact) mass is 266 g/mol. The molecular formula is C14H22N2OS. The summed E-state index contributed by atoms with van der Waals surface area (Å²) < 4.78 is 0. The van der Waals surface area contributed by atoms with Crippen molar-refractivity contribution in [1.29, 1.82) is 0 Å². The van der Waals surface area contributed by atoms with E-state index in [1.165, 1.54) is 5.56 Å². The molecule has 3 N–H and O–H groups in total. The van der Waals surface area contributed by atoms with E-state index in [1.54, 1.807) is 0 Å². The van der Waals surface area contributed by atoms with E-state index < -0.39 is 0 Å². The van der Waals surface area contributed by atoms with Crippen LogP contribution in [0.4, 0.5) is 0 Å². The van der Waals surface area contributed by atoms with E-state index in [1.807, 2.05) is 18.2 Å². The summed E-state index contributed by atoms with van der Waals surface area (Å²) in [4.78, 5) is 0. The largest absolute Gasteiger partial charge is 0.394 e.